The van der Waals surface area contributed by atoms with Crippen molar-refractivity contribution in [3.63, 3.8) is 0 Å². The van der Waals surface area contributed by atoms with Gasteiger partial charge in [-0.3, -0.25) is 4.79 Å². The molecule has 0 unspecified atom stereocenters. The molecule has 1 aromatic rings. The van der Waals surface area contributed by atoms with Gasteiger partial charge in [-0.05, 0) is 17.7 Å². The molecule has 106 valence electrons. The molecule has 0 saturated carbocycles. The molecule has 19 heavy (non-hydrogen) atoms. The van der Waals surface area contributed by atoms with Crippen LogP contribution in [-0.2, 0) is 21.5 Å². The highest BCUT2D eigenvalue weighted by Gasteiger charge is 2.17. The summed E-state index contributed by atoms with van der Waals surface area (Å²) in [5.41, 5.74) is 0.482. The van der Waals surface area contributed by atoms with E-state index in [2.05, 4.69) is 4.72 Å². The van der Waals surface area contributed by atoms with Crippen molar-refractivity contribution in [2.45, 2.75) is 13.0 Å². The number of carboxylic acids is 1. The van der Waals surface area contributed by atoms with E-state index in [9.17, 15) is 17.6 Å². The van der Waals surface area contributed by atoms with E-state index in [-0.39, 0.29) is 19.5 Å². The third-order valence-electron chi connectivity index (χ3n) is 2.40. The molecule has 0 radical (unpaired) electrons. The lowest BCUT2D eigenvalue weighted by molar-refractivity contribution is -0.137. The van der Waals surface area contributed by atoms with Gasteiger partial charge in [-0.1, -0.05) is 12.1 Å². The molecule has 2 N–H and O–H groups in total. The van der Waals surface area contributed by atoms with Crippen molar-refractivity contribution in [2.75, 3.05) is 13.6 Å². The fourth-order valence-electron chi connectivity index (χ4n) is 1.30. The minimum absolute atomic E-state index is 0.0580. The van der Waals surface area contributed by atoms with Crippen molar-refractivity contribution in [1.29, 1.82) is 0 Å². The molecule has 0 aromatic heterocycles. The van der Waals surface area contributed by atoms with Gasteiger partial charge in [0.1, 0.15) is 5.82 Å². The summed E-state index contributed by atoms with van der Waals surface area (Å²) >= 11 is 0. The molecule has 0 aliphatic rings. The average molecular weight is 290 g/mol. The van der Waals surface area contributed by atoms with Crippen LogP contribution in [0.15, 0.2) is 24.3 Å². The molecule has 0 atom stereocenters. The molecule has 0 spiro atoms. The highest BCUT2D eigenvalue weighted by Crippen LogP contribution is 2.04. The van der Waals surface area contributed by atoms with Crippen LogP contribution in [0.4, 0.5) is 4.39 Å². The summed E-state index contributed by atoms with van der Waals surface area (Å²) in [6.45, 7) is -0.189. The van der Waals surface area contributed by atoms with Gasteiger partial charge in [-0.15, -0.1) is 0 Å². The number of carbonyl (C=O) groups is 1. The van der Waals surface area contributed by atoms with Crippen LogP contribution in [0.25, 0.3) is 0 Å². The van der Waals surface area contributed by atoms with Crippen LogP contribution in [0.1, 0.15) is 12.0 Å². The number of aliphatic carboxylic acids is 1. The maximum Gasteiger partial charge on any atom is 0.304 e. The molecular formula is C11H15FN2O4S. The Kier molecular flexibility index (Phi) is 5.40. The lowest BCUT2D eigenvalue weighted by Crippen LogP contribution is -2.38. The summed E-state index contributed by atoms with van der Waals surface area (Å²) in [7, 11) is -2.49. The second kappa shape index (κ2) is 6.60. The number of rotatable bonds is 7. The summed E-state index contributed by atoms with van der Waals surface area (Å²) < 4.78 is 39.5. The molecule has 0 aliphatic carbocycles. The number of nitrogens with one attached hydrogen (secondary N) is 1. The molecule has 0 amide bonds. The normalized spacial score (nSPS) is 11.7. The van der Waals surface area contributed by atoms with Crippen LogP contribution >= 0.6 is 0 Å². The van der Waals surface area contributed by atoms with Crippen molar-refractivity contribution in [3.05, 3.63) is 35.6 Å². The Morgan fingerprint density at radius 1 is 1.47 bits per heavy atom. The Morgan fingerprint density at radius 2 is 2.16 bits per heavy atom. The lowest BCUT2D eigenvalue weighted by atomic mass is 10.2. The molecule has 0 fully saturated rings. The summed E-state index contributed by atoms with van der Waals surface area (Å²) in [5.74, 6) is -1.52. The predicted octanol–water partition coefficient (Wildman–Crippen LogP) is 0.567. The van der Waals surface area contributed by atoms with Crippen LogP contribution in [-0.4, -0.2) is 37.4 Å². The Balaban J connectivity index is 2.57. The molecule has 0 heterocycles. The smallest absolute Gasteiger partial charge is 0.304 e. The summed E-state index contributed by atoms with van der Waals surface area (Å²) in [6.07, 6.45) is -0.280. The zero-order chi connectivity index (χ0) is 14.5. The topological polar surface area (TPSA) is 86.7 Å². The average Bonchev–Trinajstić information content (AvgIpc) is 2.33. The number of hydrogen-bond acceptors (Lipinski definition) is 3. The number of benzene rings is 1. The van der Waals surface area contributed by atoms with Crippen molar-refractivity contribution in [1.82, 2.24) is 9.03 Å². The third kappa shape index (κ3) is 5.33. The number of hydrogen-bond donors (Lipinski definition) is 2. The number of halogens is 1. The summed E-state index contributed by atoms with van der Waals surface area (Å²) in [6, 6.07) is 5.55. The Labute approximate surface area is 111 Å². The van der Waals surface area contributed by atoms with Crippen molar-refractivity contribution < 1.29 is 22.7 Å². The quantitative estimate of drug-likeness (QED) is 0.768. The van der Waals surface area contributed by atoms with Crippen molar-refractivity contribution in [3.8, 4) is 0 Å². The molecule has 6 nitrogen and oxygen atoms in total. The second-order valence-electron chi connectivity index (χ2n) is 3.92. The van der Waals surface area contributed by atoms with E-state index in [1.54, 1.807) is 6.07 Å². The van der Waals surface area contributed by atoms with Gasteiger partial charge in [0.2, 0.25) is 0 Å². The third-order valence-corrected chi connectivity index (χ3v) is 3.91. The monoisotopic (exact) mass is 290 g/mol. The first-order valence-electron chi connectivity index (χ1n) is 5.48. The van der Waals surface area contributed by atoms with Crippen LogP contribution in [0.3, 0.4) is 0 Å². The molecule has 0 bridgehead atoms. The van der Waals surface area contributed by atoms with Gasteiger partial charge in [0.15, 0.2) is 0 Å². The summed E-state index contributed by atoms with van der Waals surface area (Å²) in [5, 5.41) is 8.48. The fourth-order valence-corrected chi connectivity index (χ4v) is 2.21. The maximum atomic E-state index is 12.9. The molecule has 0 aliphatic heterocycles. The SMILES string of the molecule is CN(CCC(=O)O)S(=O)(=O)NCc1cccc(F)c1. The van der Waals surface area contributed by atoms with E-state index < -0.39 is 22.0 Å². The van der Waals surface area contributed by atoms with E-state index in [1.165, 1.54) is 25.2 Å². The van der Waals surface area contributed by atoms with Crippen LogP contribution in [0.5, 0.6) is 0 Å². The molecule has 8 heteroatoms. The van der Waals surface area contributed by atoms with Crippen molar-refractivity contribution in [2.24, 2.45) is 0 Å². The van der Waals surface area contributed by atoms with E-state index in [4.69, 9.17) is 5.11 Å². The Bertz CT molecular complexity index is 547. The molecular weight excluding hydrogens is 275 g/mol. The Morgan fingerprint density at radius 3 is 2.74 bits per heavy atom. The van der Waals surface area contributed by atoms with E-state index in [1.807, 2.05) is 0 Å². The van der Waals surface area contributed by atoms with Crippen LogP contribution in [0, 0.1) is 5.82 Å². The molecule has 1 rings (SSSR count). The predicted molar refractivity (Wildman–Crippen MR) is 67.0 cm³/mol. The lowest BCUT2D eigenvalue weighted by Gasteiger charge is -2.16. The van der Waals surface area contributed by atoms with Crippen LogP contribution in [0.2, 0.25) is 0 Å². The zero-order valence-electron chi connectivity index (χ0n) is 10.3. The number of nitrogens with zero attached hydrogens (tertiary/aromatic N) is 1. The minimum atomic E-state index is -3.77. The van der Waals surface area contributed by atoms with Crippen LogP contribution < -0.4 is 4.72 Å². The highest BCUT2D eigenvalue weighted by molar-refractivity contribution is 7.87. The summed E-state index contributed by atoms with van der Waals surface area (Å²) in [4.78, 5) is 10.4. The van der Waals surface area contributed by atoms with E-state index in [0.29, 0.717) is 5.56 Å². The first-order chi connectivity index (χ1) is 8.81. The van der Waals surface area contributed by atoms with Gasteiger partial charge in [0.25, 0.3) is 10.2 Å². The largest absolute Gasteiger partial charge is 0.481 e. The second-order valence-corrected chi connectivity index (χ2v) is 5.78. The minimum Gasteiger partial charge on any atom is -0.481 e. The number of carboxylic acid groups (broad SMARTS) is 1. The van der Waals surface area contributed by atoms with Gasteiger partial charge in [-0.2, -0.15) is 17.4 Å². The van der Waals surface area contributed by atoms with Gasteiger partial charge in [-0.25, -0.2) is 4.39 Å². The van der Waals surface area contributed by atoms with E-state index >= 15 is 0 Å². The molecule has 0 saturated heterocycles. The van der Waals surface area contributed by atoms with Gasteiger partial charge in [0.05, 0.1) is 6.42 Å². The first-order valence-corrected chi connectivity index (χ1v) is 6.92. The van der Waals surface area contributed by atoms with Gasteiger partial charge >= 0.3 is 5.97 Å². The first kappa shape index (κ1) is 15.5. The zero-order valence-corrected chi connectivity index (χ0v) is 11.2. The Hall–Kier alpha value is -1.51. The van der Waals surface area contributed by atoms with Gasteiger partial charge < -0.3 is 5.11 Å². The van der Waals surface area contributed by atoms with E-state index in [0.717, 1.165) is 4.31 Å². The van der Waals surface area contributed by atoms with Gasteiger partial charge in [0, 0.05) is 20.1 Å². The maximum absolute atomic E-state index is 12.9. The highest BCUT2D eigenvalue weighted by atomic mass is 32.2. The molecule has 1 aromatic carbocycles. The van der Waals surface area contributed by atoms with Crippen molar-refractivity contribution >= 4 is 16.2 Å². The fraction of sp³-hybridized carbons (Fsp3) is 0.364. The standard InChI is InChI=1S/C11H15FN2O4S/c1-14(6-5-11(15)16)19(17,18)13-8-9-3-2-4-10(12)7-9/h2-4,7,13H,5-6,8H2,1H3,(H,15,16).